The second-order valence-electron chi connectivity index (χ2n) is 6.99. The Kier molecular flexibility index (Phi) is 5.09. The Hall–Kier alpha value is -3.17. The van der Waals surface area contributed by atoms with Crippen LogP contribution < -0.4 is 0 Å². The number of nitrogens with zero attached hydrogens (tertiary/aromatic N) is 3. The molecule has 0 saturated carbocycles. The van der Waals surface area contributed by atoms with Crippen LogP contribution in [0.1, 0.15) is 21.5 Å². The molecular weight excluding hydrogens is 355 g/mol. The molecule has 4 rings (SSSR count). The largest absolute Gasteiger partial charge is 0.359 e. The maximum Gasteiger partial charge on any atom is 0.256 e. The highest BCUT2D eigenvalue weighted by atomic mass is 19.1. The lowest BCUT2D eigenvalue weighted by Gasteiger charge is -2.36. The maximum atomic E-state index is 14.7. The van der Waals surface area contributed by atoms with Gasteiger partial charge in [-0.15, -0.1) is 0 Å². The molecule has 1 N–H and O–H groups in total. The van der Waals surface area contributed by atoms with E-state index in [1.165, 1.54) is 0 Å². The molecule has 28 heavy (non-hydrogen) atoms. The van der Waals surface area contributed by atoms with Crippen LogP contribution in [-0.4, -0.2) is 53.2 Å². The Balaban J connectivity index is 1.42. The van der Waals surface area contributed by atoms with Gasteiger partial charge in [0.05, 0.1) is 16.6 Å². The van der Waals surface area contributed by atoms with Gasteiger partial charge in [0.25, 0.3) is 5.91 Å². The van der Waals surface area contributed by atoms with Crippen LogP contribution in [0, 0.1) is 11.3 Å². The summed E-state index contributed by atoms with van der Waals surface area (Å²) in [6.07, 6.45) is 0.925. The number of nitriles is 1. The summed E-state index contributed by atoms with van der Waals surface area (Å²) in [5.74, 6) is -0.0879. The summed E-state index contributed by atoms with van der Waals surface area (Å²) in [4.78, 5) is 19.6. The van der Waals surface area contributed by atoms with Crippen LogP contribution in [0.3, 0.4) is 0 Å². The maximum absolute atomic E-state index is 14.7. The number of H-pyrrole nitrogens is 1. The van der Waals surface area contributed by atoms with Crippen molar-refractivity contribution in [1.82, 2.24) is 14.8 Å². The predicted molar refractivity (Wildman–Crippen MR) is 106 cm³/mol. The van der Waals surface area contributed by atoms with Crippen LogP contribution in [0.15, 0.2) is 54.7 Å². The van der Waals surface area contributed by atoms with E-state index in [4.69, 9.17) is 0 Å². The van der Waals surface area contributed by atoms with Gasteiger partial charge in [0, 0.05) is 44.2 Å². The number of halogens is 1. The second-order valence-corrected chi connectivity index (χ2v) is 6.99. The number of nitrogens with one attached hydrogen (secondary N) is 1. The molecule has 1 fully saturated rings. The van der Waals surface area contributed by atoms with Crippen molar-refractivity contribution < 1.29 is 9.18 Å². The van der Waals surface area contributed by atoms with Crippen LogP contribution in [0.2, 0.25) is 0 Å². The van der Waals surface area contributed by atoms with Gasteiger partial charge < -0.3 is 9.88 Å². The quantitative estimate of drug-likeness (QED) is 0.711. The van der Waals surface area contributed by atoms with Crippen molar-refractivity contribution >= 4 is 16.8 Å². The number of benzene rings is 2. The van der Waals surface area contributed by atoms with Crippen LogP contribution in [-0.2, 0) is 6.42 Å². The molecule has 5 nitrogen and oxygen atoms in total. The van der Waals surface area contributed by atoms with E-state index in [0.717, 1.165) is 10.9 Å². The fourth-order valence-electron chi connectivity index (χ4n) is 3.74. The number of rotatable bonds is 4. The lowest BCUT2D eigenvalue weighted by atomic mass is 10.1. The first-order valence-electron chi connectivity index (χ1n) is 9.39. The first-order chi connectivity index (χ1) is 13.7. The first-order valence-corrected chi connectivity index (χ1v) is 9.39. The van der Waals surface area contributed by atoms with Gasteiger partial charge in [0.15, 0.2) is 6.30 Å². The normalized spacial score (nSPS) is 16.1. The van der Waals surface area contributed by atoms with Gasteiger partial charge in [-0.1, -0.05) is 42.5 Å². The summed E-state index contributed by atoms with van der Waals surface area (Å²) >= 11 is 0. The Morgan fingerprint density at radius 2 is 1.86 bits per heavy atom. The summed E-state index contributed by atoms with van der Waals surface area (Å²) < 4.78 is 14.7. The van der Waals surface area contributed by atoms with Gasteiger partial charge in [-0.2, -0.15) is 5.26 Å². The number of piperazine rings is 1. The van der Waals surface area contributed by atoms with Crippen molar-refractivity contribution in [3.8, 4) is 6.07 Å². The Bertz CT molecular complexity index is 1020. The highest BCUT2D eigenvalue weighted by molar-refractivity contribution is 6.06. The van der Waals surface area contributed by atoms with Gasteiger partial charge >= 0.3 is 0 Å². The van der Waals surface area contributed by atoms with E-state index in [0.29, 0.717) is 49.2 Å². The number of aromatic nitrogens is 1. The average Bonchev–Trinajstić information content (AvgIpc) is 3.17. The molecule has 1 amide bonds. The van der Waals surface area contributed by atoms with Gasteiger partial charge in [-0.25, -0.2) is 4.39 Å². The molecule has 6 heteroatoms. The van der Waals surface area contributed by atoms with Gasteiger partial charge in [-0.3, -0.25) is 9.69 Å². The average molecular weight is 376 g/mol. The van der Waals surface area contributed by atoms with E-state index in [1.54, 1.807) is 28.1 Å². The number of carbonyl (C=O) groups excluding carboxylic acids is 1. The number of hydrogen-bond donors (Lipinski definition) is 1. The number of aromatic amines is 1. The summed E-state index contributed by atoms with van der Waals surface area (Å²) in [7, 11) is 0. The molecule has 2 heterocycles. The third-order valence-corrected chi connectivity index (χ3v) is 5.31. The van der Waals surface area contributed by atoms with Crippen molar-refractivity contribution in [1.29, 1.82) is 5.26 Å². The minimum atomic E-state index is -1.05. The van der Waals surface area contributed by atoms with Crippen LogP contribution >= 0.6 is 0 Å². The Labute approximate surface area is 163 Å². The number of hydrogen-bond acceptors (Lipinski definition) is 3. The summed E-state index contributed by atoms with van der Waals surface area (Å²) in [6.45, 7) is 1.97. The monoisotopic (exact) mass is 376 g/mol. The van der Waals surface area contributed by atoms with Crippen LogP contribution in [0.4, 0.5) is 4.39 Å². The summed E-state index contributed by atoms with van der Waals surface area (Å²) in [5, 5.41) is 9.93. The zero-order valence-corrected chi connectivity index (χ0v) is 15.4. The molecule has 0 spiro atoms. The predicted octanol–water partition coefficient (Wildman–Crippen LogP) is 3.34. The van der Waals surface area contributed by atoms with Gasteiger partial charge in [0.1, 0.15) is 6.07 Å². The van der Waals surface area contributed by atoms with E-state index in [-0.39, 0.29) is 5.91 Å². The zero-order chi connectivity index (χ0) is 19.5. The number of para-hydroxylation sites is 1. The summed E-state index contributed by atoms with van der Waals surface area (Å²) in [6, 6.07) is 17.1. The van der Waals surface area contributed by atoms with Gasteiger partial charge in [-0.05, 0) is 11.6 Å². The fourth-order valence-corrected chi connectivity index (χ4v) is 3.74. The van der Waals surface area contributed by atoms with Gasteiger partial charge in [0.2, 0.25) is 0 Å². The first kappa shape index (κ1) is 18.2. The molecule has 1 aliphatic heterocycles. The molecule has 0 radical (unpaired) electrons. The van der Waals surface area contributed by atoms with Crippen molar-refractivity contribution in [3.63, 3.8) is 0 Å². The molecule has 2 aromatic carbocycles. The smallest absolute Gasteiger partial charge is 0.256 e. The molecule has 1 saturated heterocycles. The van der Waals surface area contributed by atoms with E-state index < -0.39 is 6.30 Å². The minimum Gasteiger partial charge on any atom is -0.359 e. The standard InChI is InChI=1S/C22H21FN4O/c23-20(13-16-5-2-1-3-6-16)26-9-11-27(12-10-26)22(28)19-8-4-7-18-17(14-24)15-25-21(18)19/h1-8,15,20,25H,9-13H2. The van der Waals surface area contributed by atoms with Crippen molar-refractivity contribution in [2.75, 3.05) is 26.2 Å². The Morgan fingerprint density at radius 3 is 2.57 bits per heavy atom. The summed E-state index contributed by atoms with van der Waals surface area (Å²) in [5.41, 5.74) is 2.73. The zero-order valence-electron chi connectivity index (χ0n) is 15.4. The van der Waals surface area contributed by atoms with Crippen molar-refractivity contribution in [3.05, 3.63) is 71.4 Å². The fraction of sp³-hybridized carbons (Fsp3) is 0.273. The third kappa shape index (κ3) is 3.49. The molecule has 1 aliphatic rings. The van der Waals surface area contributed by atoms with Crippen LogP contribution in [0.25, 0.3) is 10.9 Å². The lowest BCUT2D eigenvalue weighted by Crippen LogP contribution is -2.51. The van der Waals surface area contributed by atoms with E-state index in [2.05, 4.69) is 11.1 Å². The SMILES string of the molecule is N#Cc1c[nH]c2c(C(=O)N3CCN(C(F)Cc4ccccc4)CC3)cccc12. The number of fused-ring (bicyclic) bond motifs is 1. The van der Waals surface area contributed by atoms with Crippen LogP contribution in [0.5, 0.6) is 0 Å². The Morgan fingerprint density at radius 1 is 1.11 bits per heavy atom. The highest BCUT2D eigenvalue weighted by Gasteiger charge is 2.27. The van der Waals surface area contributed by atoms with E-state index in [9.17, 15) is 14.4 Å². The third-order valence-electron chi connectivity index (χ3n) is 5.31. The molecule has 1 atom stereocenters. The van der Waals surface area contributed by atoms with Crippen molar-refractivity contribution in [2.24, 2.45) is 0 Å². The molecule has 0 bridgehead atoms. The molecule has 3 aromatic rings. The molecule has 1 aromatic heterocycles. The highest BCUT2D eigenvalue weighted by Crippen LogP contribution is 2.23. The lowest BCUT2D eigenvalue weighted by molar-refractivity contribution is 0.0281. The number of amides is 1. The topological polar surface area (TPSA) is 63.1 Å². The molecule has 142 valence electrons. The van der Waals surface area contributed by atoms with E-state index in [1.807, 2.05) is 36.4 Å². The minimum absolute atomic E-state index is 0.0879. The molecular formula is C22H21FN4O. The van der Waals surface area contributed by atoms with Crippen molar-refractivity contribution in [2.45, 2.75) is 12.7 Å². The number of alkyl halides is 1. The molecule has 0 aliphatic carbocycles. The number of carbonyl (C=O) groups is 1. The van der Waals surface area contributed by atoms with E-state index >= 15 is 0 Å². The second kappa shape index (κ2) is 7.83. The molecule has 1 unspecified atom stereocenters.